The highest BCUT2D eigenvalue weighted by Crippen LogP contribution is 2.24. The fourth-order valence-electron chi connectivity index (χ4n) is 1.77. The second-order valence-electron chi connectivity index (χ2n) is 4.60. The second kappa shape index (κ2) is 7.69. The van der Waals surface area contributed by atoms with Gasteiger partial charge in [-0.15, -0.1) is 0 Å². The summed E-state index contributed by atoms with van der Waals surface area (Å²) >= 11 is 6.11. The van der Waals surface area contributed by atoms with E-state index in [0.717, 1.165) is 24.9 Å². The van der Waals surface area contributed by atoms with E-state index in [-0.39, 0.29) is 5.95 Å². The van der Waals surface area contributed by atoms with Crippen molar-refractivity contribution < 1.29 is 4.74 Å². The maximum atomic E-state index is 6.11. The summed E-state index contributed by atoms with van der Waals surface area (Å²) in [6.07, 6.45) is 3.73. The molecule has 0 bridgehead atoms. The summed E-state index contributed by atoms with van der Waals surface area (Å²) < 4.78 is 5.76. The summed E-state index contributed by atoms with van der Waals surface area (Å²) in [7, 11) is 0. The minimum Gasteiger partial charge on any atom is -0.483 e. The predicted octanol–water partition coefficient (Wildman–Crippen LogP) is 3.50. The highest BCUT2D eigenvalue weighted by molar-refractivity contribution is 6.31. The van der Waals surface area contributed by atoms with Crippen molar-refractivity contribution >= 4 is 23.4 Å². The summed E-state index contributed by atoms with van der Waals surface area (Å²) in [4.78, 5) is 8.15. The van der Waals surface area contributed by atoms with Gasteiger partial charge in [0.25, 0.3) is 0 Å². The fourth-order valence-corrected chi connectivity index (χ4v) is 1.96. The number of hydrogen-bond acceptors (Lipinski definition) is 5. The minimum atomic E-state index is 0.221. The number of ether oxygens (including phenoxy) is 1. The lowest BCUT2D eigenvalue weighted by molar-refractivity contribution is 0.305. The third-order valence-corrected chi connectivity index (χ3v) is 3.31. The molecule has 0 radical (unpaired) electrons. The number of halogens is 1. The number of aromatic nitrogens is 2. The van der Waals surface area contributed by atoms with Crippen molar-refractivity contribution in [3.05, 3.63) is 41.0 Å². The molecule has 1 aromatic carbocycles. The zero-order chi connectivity index (χ0) is 15.1. The average Bonchev–Trinajstić information content (AvgIpc) is 2.48. The Morgan fingerprint density at radius 1 is 1.33 bits per heavy atom. The van der Waals surface area contributed by atoms with Gasteiger partial charge in [-0.05, 0) is 12.5 Å². The molecule has 1 heterocycles. The van der Waals surface area contributed by atoms with Crippen LogP contribution in [0.4, 0.5) is 11.8 Å². The standard InChI is InChI=1S/C15H19ClN4O/c1-2-3-8-18-14-13(9-19-15(17)20-14)21-10-11-6-4-5-7-12(11)16/h4-7,9H,2-3,8,10H2,1H3,(H3,17,18,19,20). The van der Waals surface area contributed by atoms with Crippen LogP contribution in [0.25, 0.3) is 0 Å². The normalized spacial score (nSPS) is 10.4. The molecular weight excluding hydrogens is 288 g/mol. The van der Waals surface area contributed by atoms with E-state index >= 15 is 0 Å². The Morgan fingerprint density at radius 3 is 2.90 bits per heavy atom. The third kappa shape index (κ3) is 4.49. The van der Waals surface area contributed by atoms with Gasteiger partial charge in [0.15, 0.2) is 11.6 Å². The minimum absolute atomic E-state index is 0.221. The van der Waals surface area contributed by atoms with Gasteiger partial charge in [-0.3, -0.25) is 0 Å². The Labute approximate surface area is 129 Å². The Balaban J connectivity index is 2.06. The quantitative estimate of drug-likeness (QED) is 0.766. The van der Waals surface area contributed by atoms with Crippen LogP contribution in [-0.4, -0.2) is 16.5 Å². The summed E-state index contributed by atoms with van der Waals surface area (Å²) in [6, 6.07) is 7.56. The van der Waals surface area contributed by atoms with Gasteiger partial charge in [-0.2, -0.15) is 4.98 Å². The van der Waals surface area contributed by atoms with Crippen LogP contribution in [-0.2, 0) is 6.61 Å². The molecular formula is C15H19ClN4O. The molecule has 2 aromatic rings. The van der Waals surface area contributed by atoms with Crippen LogP contribution >= 0.6 is 11.6 Å². The van der Waals surface area contributed by atoms with Crippen LogP contribution < -0.4 is 15.8 Å². The van der Waals surface area contributed by atoms with Crippen LogP contribution in [0.1, 0.15) is 25.3 Å². The van der Waals surface area contributed by atoms with E-state index in [9.17, 15) is 0 Å². The smallest absolute Gasteiger partial charge is 0.222 e. The lowest BCUT2D eigenvalue weighted by atomic mass is 10.2. The molecule has 0 saturated carbocycles. The average molecular weight is 307 g/mol. The number of nitrogens with one attached hydrogen (secondary N) is 1. The van der Waals surface area contributed by atoms with Crippen LogP contribution in [0.5, 0.6) is 5.75 Å². The maximum absolute atomic E-state index is 6.11. The molecule has 21 heavy (non-hydrogen) atoms. The third-order valence-electron chi connectivity index (χ3n) is 2.94. The van der Waals surface area contributed by atoms with E-state index in [2.05, 4.69) is 22.2 Å². The number of nitrogens with two attached hydrogens (primary N) is 1. The monoisotopic (exact) mass is 306 g/mol. The van der Waals surface area contributed by atoms with E-state index in [1.54, 1.807) is 6.20 Å². The molecule has 5 nitrogen and oxygen atoms in total. The fraction of sp³-hybridized carbons (Fsp3) is 0.333. The first-order valence-electron chi connectivity index (χ1n) is 6.93. The summed E-state index contributed by atoms with van der Waals surface area (Å²) in [5.41, 5.74) is 6.54. The summed E-state index contributed by atoms with van der Waals surface area (Å²) in [6.45, 7) is 3.30. The Morgan fingerprint density at radius 2 is 2.14 bits per heavy atom. The van der Waals surface area contributed by atoms with Crippen LogP contribution in [0.15, 0.2) is 30.5 Å². The van der Waals surface area contributed by atoms with Crippen molar-refractivity contribution in [3.63, 3.8) is 0 Å². The first-order valence-corrected chi connectivity index (χ1v) is 7.31. The van der Waals surface area contributed by atoms with Crippen LogP contribution in [0.3, 0.4) is 0 Å². The van der Waals surface area contributed by atoms with Gasteiger partial charge in [0.2, 0.25) is 5.95 Å². The number of nitrogen functional groups attached to an aromatic ring is 1. The van der Waals surface area contributed by atoms with Crippen molar-refractivity contribution in [2.75, 3.05) is 17.6 Å². The largest absolute Gasteiger partial charge is 0.483 e. The lowest BCUT2D eigenvalue weighted by Gasteiger charge is -2.12. The molecule has 0 spiro atoms. The molecule has 3 N–H and O–H groups in total. The molecule has 1 aromatic heterocycles. The molecule has 2 rings (SSSR count). The first-order chi connectivity index (χ1) is 10.2. The zero-order valence-electron chi connectivity index (χ0n) is 12.0. The van der Waals surface area contributed by atoms with Crippen molar-refractivity contribution in [1.82, 2.24) is 9.97 Å². The Bertz CT molecular complexity index is 592. The molecule has 0 fully saturated rings. The Hall–Kier alpha value is -2.01. The van der Waals surface area contributed by atoms with Gasteiger partial charge in [0.1, 0.15) is 6.61 Å². The number of hydrogen-bond donors (Lipinski definition) is 2. The molecule has 0 amide bonds. The number of nitrogens with zero attached hydrogens (tertiary/aromatic N) is 2. The molecule has 0 aliphatic rings. The Kier molecular flexibility index (Phi) is 5.63. The van der Waals surface area contributed by atoms with Gasteiger partial charge in [-0.1, -0.05) is 43.1 Å². The van der Waals surface area contributed by atoms with E-state index in [0.29, 0.717) is 23.2 Å². The molecule has 112 valence electrons. The second-order valence-corrected chi connectivity index (χ2v) is 5.01. The molecule has 0 aliphatic carbocycles. The number of unbranched alkanes of at least 4 members (excludes halogenated alkanes) is 1. The van der Waals surface area contributed by atoms with Crippen LogP contribution in [0, 0.1) is 0 Å². The molecule has 0 saturated heterocycles. The van der Waals surface area contributed by atoms with Gasteiger partial charge in [-0.25, -0.2) is 4.98 Å². The van der Waals surface area contributed by atoms with Crippen molar-refractivity contribution in [2.24, 2.45) is 0 Å². The van der Waals surface area contributed by atoms with Gasteiger partial charge in [0, 0.05) is 17.1 Å². The summed E-state index contributed by atoms with van der Waals surface area (Å²) in [5, 5.41) is 3.89. The molecule has 6 heteroatoms. The lowest BCUT2D eigenvalue weighted by Crippen LogP contribution is -2.08. The maximum Gasteiger partial charge on any atom is 0.222 e. The number of rotatable bonds is 7. The van der Waals surface area contributed by atoms with Gasteiger partial charge < -0.3 is 15.8 Å². The van der Waals surface area contributed by atoms with Gasteiger partial charge >= 0.3 is 0 Å². The van der Waals surface area contributed by atoms with E-state index in [1.807, 2.05) is 24.3 Å². The highest BCUT2D eigenvalue weighted by Gasteiger charge is 2.08. The van der Waals surface area contributed by atoms with E-state index in [4.69, 9.17) is 22.1 Å². The van der Waals surface area contributed by atoms with Crippen molar-refractivity contribution in [3.8, 4) is 5.75 Å². The van der Waals surface area contributed by atoms with Crippen molar-refractivity contribution in [1.29, 1.82) is 0 Å². The van der Waals surface area contributed by atoms with Crippen LogP contribution in [0.2, 0.25) is 5.02 Å². The number of anilines is 2. The van der Waals surface area contributed by atoms with Gasteiger partial charge in [0.05, 0.1) is 6.20 Å². The first kappa shape index (κ1) is 15.4. The van der Waals surface area contributed by atoms with E-state index in [1.165, 1.54) is 0 Å². The SMILES string of the molecule is CCCCNc1nc(N)ncc1OCc1ccccc1Cl. The topological polar surface area (TPSA) is 73.1 Å². The van der Waals surface area contributed by atoms with Crippen molar-refractivity contribution in [2.45, 2.75) is 26.4 Å². The summed E-state index contributed by atoms with van der Waals surface area (Å²) in [5.74, 6) is 1.40. The zero-order valence-corrected chi connectivity index (χ0v) is 12.7. The van der Waals surface area contributed by atoms with E-state index < -0.39 is 0 Å². The number of benzene rings is 1. The molecule has 0 atom stereocenters. The highest BCUT2D eigenvalue weighted by atomic mass is 35.5. The predicted molar refractivity (Wildman–Crippen MR) is 85.6 cm³/mol. The molecule has 0 unspecified atom stereocenters. The molecule has 0 aliphatic heterocycles.